The van der Waals surface area contributed by atoms with E-state index in [1.165, 1.54) is 38.9 Å². The first-order valence-corrected chi connectivity index (χ1v) is 23.2. The number of benzene rings is 6. The summed E-state index contributed by atoms with van der Waals surface area (Å²) in [5.74, 6) is -0.640. The molecule has 0 aliphatic heterocycles. The van der Waals surface area contributed by atoms with Crippen LogP contribution in [0.15, 0.2) is 121 Å². The Morgan fingerprint density at radius 2 is 1.03 bits per heavy atom. The van der Waals surface area contributed by atoms with Gasteiger partial charge in [0.25, 0.3) is 0 Å². The van der Waals surface area contributed by atoms with Crippen molar-refractivity contribution in [2.24, 2.45) is 0 Å². The van der Waals surface area contributed by atoms with E-state index in [9.17, 15) is 0 Å². The molecular weight excluding hydrogens is 763 g/mol. The number of hydrogen-bond acceptors (Lipinski definition) is 2. The van der Waals surface area contributed by atoms with Crippen LogP contribution in [0, 0.1) is 39.3 Å². The second-order valence-corrected chi connectivity index (χ2v) is 18.4. The first-order valence-electron chi connectivity index (χ1n) is 23.2. The van der Waals surface area contributed by atoms with Crippen LogP contribution in [0.25, 0.3) is 22.3 Å². The van der Waals surface area contributed by atoms with Gasteiger partial charge in [-0.15, -0.1) is 0 Å². The summed E-state index contributed by atoms with van der Waals surface area (Å²) in [5.41, 5.74) is 14.5. The van der Waals surface area contributed by atoms with E-state index in [1.54, 1.807) is 12.1 Å². The highest BCUT2D eigenvalue weighted by molar-refractivity contribution is 5.73. The zero-order valence-corrected chi connectivity index (χ0v) is 39.4. The normalized spacial score (nSPS) is 13.2. The van der Waals surface area contributed by atoms with Crippen LogP contribution in [-0.4, -0.2) is 12.1 Å². The molecule has 6 rings (SSSR count). The van der Waals surface area contributed by atoms with Crippen molar-refractivity contribution in [2.75, 3.05) is 9.80 Å². The maximum atomic E-state index is 17.0. The first-order chi connectivity index (χ1) is 29.7. The van der Waals surface area contributed by atoms with Gasteiger partial charge in [-0.3, -0.25) is 0 Å². The van der Waals surface area contributed by atoms with Gasteiger partial charge >= 0.3 is 0 Å². The smallest absolute Gasteiger partial charge is 0.147 e. The number of hydrogen-bond donors (Lipinski definition) is 0. The number of rotatable bonds is 18. The minimum Gasteiger partial charge on any atom is -0.338 e. The van der Waals surface area contributed by atoms with Crippen molar-refractivity contribution in [3.63, 3.8) is 0 Å². The number of halogens is 2. The highest BCUT2D eigenvalue weighted by Gasteiger charge is 2.32. The number of aryl methyl sites for hydroxylation is 4. The Morgan fingerprint density at radius 3 is 1.53 bits per heavy atom. The molecule has 0 aliphatic rings. The van der Waals surface area contributed by atoms with Crippen LogP contribution in [-0.2, 0) is 5.41 Å². The maximum absolute atomic E-state index is 17.0. The lowest BCUT2D eigenvalue weighted by Gasteiger charge is -2.40. The highest BCUT2D eigenvalue weighted by atomic mass is 19.1. The fourth-order valence-electron chi connectivity index (χ4n) is 8.90. The molecule has 0 amide bonds. The van der Waals surface area contributed by atoms with Crippen molar-refractivity contribution in [3.05, 3.63) is 166 Å². The minimum atomic E-state index is -0.318. The maximum Gasteiger partial charge on any atom is 0.147 e. The van der Waals surface area contributed by atoms with Gasteiger partial charge in [0.1, 0.15) is 11.6 Å². The van der Waals surface area contributed by atoms with Crippen molar-refractivity contribution >= 4 is 22.7 Å². The second kappa shape index (κ2) is 20.3. The first kappa shape index (κ1) is 46.3. The van der Waals surface area contributed by atoms with Crippen molar-refractivity contribution in [3.8, 4) is 22.3 Å². The van der Waals surface area contributed by atoms with Gasteiger partial charge in [0.15, 0.2) is 0 Å². The van der Waals surface area contributed by atoms with Crippen molar-refractivity contribution in [1.82, 2.24) is 0 Å². The summed E-state index contributed by atoms with van der Waals surface area (Å²) in [4.78, 5) is 4.56. The van der Waals surface area contributed by atoms with E-state index in [1.807, 2.05) is 24.3 Å². The molecule has 0 spiro atoms. The van der Waals surface area contributed by atoms with Crippen LogP contribution in [0.2, 0.25) is 0 Å². The lowest BCUT2D eigenvalue weighted by Crippen LogP contribution is -2.37. The topological polar surface area (TPSA) is 6.48 Å². The predicted molar refractivity (Wildman–Crippen MR) is 264 cm³/mol. The SMILES string of the molecule is CCCCC(c1ccc(-c2ccc(N(c3ccc(C)c(C)c3)C(C)CC)c(F)c2)cc1F)C(CCC)N(c1ccc(-c2ccc(C(C)(C)CC)cc2)cc1)c1ccc(C)c(C)c1. The van der Waals surface area contributed by atoms with Gasteiger partial charge in [-0.05, 0) is 176 Å². The highest BCUT2D eigenvalue weighted by Crippen LogP contribution is 2.42. The molecule has 0 heterocycles. The van der Waals surface area contributed by atoms with E-state index in [2.05, 4.69) is 171 Å². The molecule has 62 heavy (non-hydrogen) atoms. The number of anilines is 4. The van der Waals surface area contributed by atoms with Crippen LogP contribution in [0.4, 0.5) is 31.5 Å². The lowest BCUT2D eigenvalue weighted by molar-refractivity contribution is 0.434. The molecule has 0 fully saturated rings. The van der Waals surface area contributed by atoms with Crippen LogP contribution in [0.5, 0.6) is 0 Å². The summed E-state index contributed by atoms with van der Waals surface area (Å²) in [6.07, 6.45) is 6.64. The molecule has 0 radical (unpaired) electrons. The van der Waals surface area contributed by atoms with Crippen LogP contribution in [0.3, 0.4) is 0 Å². The van der Waals surface area contributed by atoms with Gasteiger partial charge in [0.05, 0.1) is 5.69 Å². The molecule has 6 aromatic carbocycles. The molecule has 2 nitrogen and oxygen atoms in total. The van der Waals surface area contributed by atoms with Gasteiger partial charge in [-0.25, -0.2) is 8.78 Å². The van der Waals surface area contributed by atoms with Gasteiger partial charge in [-0.2, -0.15) is 0 Å². The minimum absolute atomic E-state index is 0.0101. The van der Waals surface area contributed by atoms with Crippen LogP contribution in [0.1, 0.15) is 133 Å². The third-order valence-corrected chi connectivity index (χ3v) is 13.8. The fourth-order valence-corrected chi connectivity index (χ4v) is 8.90. The van der Waals surface area contributed by atoms with E-state index in [0.717, 1.165) is 67.6 Å². The van der Waals surface area contributed by atoms with E-state index >= 15 is 8.78 Å². The van der Waals surface area contributed by atoms with E-state index in [0.29, 0.717) is 16.8 Å². The van der Waals surface area contributed by atoms with Crippen molar-refractivity contribution in [2.45, 2.75) is 145 Å². The van der Waals surface area contributed by atoms with Crippen molar-refractivity contribution < 1.29 is 8.78 Å². The Kier molecular flexibility index (Phi) is 15.2. The summed E-state index contributed by atoms with van der Waals surface area (Å²) in [6, 6.07) is 42.0. The molecule has 0 aromatic heterocycles. The Bertz CT molecular complexity index is 2410. The fraction of sp³-hybridized carbons (Fsp3) is 0.379. The van der Waals surface area contributed by atoms with Gasteiger partial charge in [0, 0.05) is 35.1 Å². The Labute approximate surface area is 373 Å². The third-order valence-electron chi connectivity index (χ3n) is 13.8. The molecule has 4 heteroatoms. The standard InChI is InChI=1S/C58H70F2N2/c1-12-16-18-53(52-33-25-46(37-54(52)59)47-26-34-57(55(60)38-47)61(43(9)14-3)50-29-19-39(5)41(7)35-50)56(17-13-2)62(51-30-20-40(6)42(8)36-51)49-31-23-45(24-32-49)44-21-27-48(28-22-44)58(10,11)15-4/h19-38,43,53,56H,12-18H2,1-11H3. The summed E-state index contributed by atoms with van der Waals surface area (Å²) < 4.78 is 33.3. The van der Waals surface area contributed by atoms with E-state index in [4.69, 9.17) is 0 Å². The summed E-state index contributed by atoms with van der Waals surface area (Å²) in [5, 5.41) is 0. The molecule has 0 saturated heterocycles. The molecule has 0 bridgehead atoms. The van der Waals surface area contributed by atoms with Crippen LogP contribution < -0.4 is 9.80 Å². The quantitative estimate of drug-likeness (QED) is 0.0851. The second-order valence-electron chi connectivity index (χ2n) is 18.4. The van der Waals surface area contributed by atoms with E-state index < -0.39 is 0 Å². The predicted octanol–water partition coefficient (Wildman–Crippen LogP) is 17.4. The molecule has 0 N–H and O–H groups in total. The van der Waals surface area contributed by atoms with Crippen LogP contribution >= 0.6 is 0 Å². The molecule has 0 aliphatic carbocycles. The molecule has 3 unspecified atom stereocenters. The molecular formula is C58H70F2N2. The Morgan fingerprint density at radius 1 is 0.516 bits per heavy atom. The molecule has 326 valence electrons. The Balaban J connectivity index is 1.38. The summed E-state index contributed by atoms with van der Waals surface area (Å²) in [6.45, 7) is 24.0. The lowest BCUT2D eigenvalue weighted by atomic mass is 9.81. The van der Waals surface area contributed by atoms with Crippen molar-refractivity contribution in [1.29, 1.82) is 0 Å². The molecule has 6 aromatic rings. The zero-order valence-electron chi connectivity index (χ0n) is 39.4. The molecule has 0 saturated carbocycles. The van der Waals surface area contributed by atoms with Gasteiger partial charge in [-0.1, -0.05) is 128 Å². The average molecular weight is 833 g/mol. The number of unbranched alkanes of at least 4 members (excludes halogenated alkanes) is 1. The van der Waals surface area contributed by atoms with Gasteiger partial charge < -0.3 is 9.80 Å². The summed E-state index contributed by atoms with van der Waals surface area (Å²) >= 11 is 0. The van der Waals surface area contributed by atoms with Gasteiger partial charge in [0.2, 0.25) is 0 Å². The number of nitrogens with zero attached hydrogens (tertiary/aromatic N) is 2. The average Bonchev–Trinajstić information content (AvgIpc) is 3.27. The third kappa shape index (κ3) is 10.2. The largest absolute Gasteiger partial charge is 0.338 e. The summed E-state index contributed by atoms with van der Waals surface area (Å²) in [7, 11) is 0. The monoisotopic (exact) mass is 833 g/mol. The molecule has 3 atom stereocenters. The zero-order chi connectivity index (χ0) is 44.7. The van der Waals surface area contributed by atoms with E-state index in [-0.39, 0.29) is 35.1 Å². The Hall–Kier alpha value is -5.22.